The molecule has 0 spiro atoms. The number of amides is 1. The Morgan fingerprint density at radius 1 is 1.00 bits per heavy atom. The van der Waals surface area contributed by atoms with Gasteiger partial charge in [-0.05, 0) is 61.1 Å². The van der Waals surface area contributed by atoms with Crippen molar-refractivity contribution >= 4 is 15.7 Å². The van der Waals surface area contributed by atoms with Gasteiger partial charge in [-0.15, -0.1) is 0 Å². The third-order valence-electron chi connectivity index (χ3n) is 4.53. The van der Waals surface area contributed by atoms with Gasteiger partial charge in [0.2, 0.25) is 9.84 Å². The summed E-state index contributed by atoms with van der Waals surface area (Å²) >= 11 is 0. The van der Waals surface area contributed by atoms with Crippen molar-refractivity contribution in [1.82, 2.24) is 5.32 Å². The van der Waals surface area contributed by atoms with Gasteiger partial charge in [0, 0.05) is 0 Å². The monoisotopic (exact) mass is 397 g/mol. The van der Waals surface area contributed by atoms with Crippen LogP contribution in [0.25, 0.3) is 0 Å². The Morgan fingerprint density at radius 3 is 1.93 bits per heavy atom. The summed E-state index contributed by atoms with van der Waals surface area (Å²) in [6.07, 6.45) is -2.72. The molecule has 3 rings (SSSR count). The molecule has 0 heterocycles. The lowest BCUT2D eigenvalue weighted by Gasteiger charge is -2.16. The second-order valence-corrected chi connectivity index (χ2v) is 8.56. The quantitative estimate of drug-likeness (QED) is 0.825. The lowest BCUT2D eigenvalue weighted by atomic mass is 10.1. The number of rotatable bonds is 5. The molecule has 1 aliphatic rings. The SMILES string of the molecule is C[C@H](NC(=O)C(F)(F)F)c1ccc(S(=O)(=O)c2ccc(C3CC3)cc2)cc1. The van der Waals surface area contributed by atoms with Gasteiger partial charge in [0.25, 0.3) is 0 Å². The van der Waals surface area contributed by atoms with Gasteiger partial charge in [0.05, 0.1) is 15.8 Å². The minimum absolute atomic E-state index is 0.0415. The van der Waals surface area contributed by atoms with Crippen LogP contribution in [0.3, 0.4) is 0 Å². The second-order valence-electron chi connectivity index (χ2n) is 6.61. The molecule has 0 aliphatic heterocycles. The van der Waals surface area contributed by atoms with E-state index in [0.717, 1.165) is 18.4 Å². The molecule has 4 nitrogen and oxygen atoms in total. The molecule has 0 aromatic heterocycles. The van der Waals surface area contributed by atoms with Crippen LogP contribution >= 0.6 is 0 Å². The number of halogens is 3. The molecule has 0 saturated heterocycles. The van der Waals surface area contributed by atoms with E-state index in [4.69, 9.17) is 0 Å². The van der Waals surface area contributed by atoms with Crippen LogP contribution in [-0.4, -0.2) is 20.5 Å². The minimum Gasteiger partial charge on any atom is -0.342 e. The molecule has 144 valence electrons. The number of nitrogens with one attached hydrogen (secondary N) is 1. The molecule has 1 atom stereocenters. The summed E-state index contributed by atoms with van der Waals surface area (Å²) < 4.78 is 62.4. The third-order valence-corrected chi connectivity index (χ3v) is 6.32. The smallest absolute Gasteiger partial charge is 0.342 e. The molecule has 1 N–H and O–H groups in total. The van der Waals surface area contributed by atoms with Gasteiger partial charge in [0.15, 0.2) is 0 Å². The molecule has 1 fully saturated rings. The fraction of sp³-hybridized carbons (Fsp3) is 0.316. The lowest BCUT2D eigenvalue weighted by molar-refractivity contribution is -0.174. The van der Waals surface area contributed by atoms with Crippen molar-refractivity contribution in [3.05, 3.63) is 59.7 Å². The summed E-state index contributed by atoms with van der Waals surface area (Å²) in [5, 5.41) is 1.84. The van der Waals surface area contributed by atoms with Crippen LogP contribution in [-0.2, 0) is 14.6 Å². The van der Waals surface area contributed by atoms with Crippen LogP contribution in [0.1, 0.15) is 42.9 Å². The van der Waals surface area contributed by atoms with Crippen LogP contribution in [0.15, 0.2) is 58.3 Å². The molecule has 27 heavy (non-hydrogen) atoms. The van der Waals surface area contributed by atoms with Crippen molar-refractivity contribution in [2.24, 2.45) is 0 Å². The molecular weight excluding hydrogens is 379 g/mol. The number of alkyl halides is 3. The van der Waals surface area contributed by atoms with E-state index in [2.05, 4.69) is 0 Å². The summed E-state index contributed by atoms with van der Waals surface area (Å²) in [7, 11) is -3.72. The summed E-state index contributed by atoms with van der Waals surface area (Å²) in [5.41, 5.74) is 1.49. The van der Waals surface area contributed by atoms with E-state index in [0.29, 0.717) is 11.5 Å². The Hall–Kier alpha value is -2.35. The molecule has 0 bridgehead atoms. The summed E-state index contributed by atoms with van der Waals surface area (Å²) in [5.74, 6) is -1.52. The first-order valence-electron chi connectivity index (χ1n) is 8.42. The molecular formula is C19H18F3NO3S. The standard InChI is InChI=1S/C19H18F3NO3S/c1-12(23-18(24)19(20,21)22)13-4-8-16(9-5-13)27(25,26)17-10-6-15(7-11-17)14-2-3-14/h4-12,14H,2-3H2,1H3,(H,23,24)/t12-/m0/s1. The first kappa shape index (κ1) is 19.4. The van der Waals surface area contributed by atoms with E-state index in [-0.39, 0.29) is 9.79 Å². The van der Waals surface area contributed by atoms with Crippen LogP contribution in [0.2, 0.25) is 0 Å². The average molecular weight is 397 g/mol. The summed E-state index contributed by atoms with van der Waals surface area (Å²) in [6.45, 7) is 1.39. The van der Waals surface area contributed by atoms with E-state index in [9.17, 15) is 26.4 Å². The molecule has 1 saturated carbocycles. The zero-order valence-corrected chi connectivity index (χ0v) is 15.3. The van der Waals surface area contributed by atoms with Crippen molar-refractivity contribution in [2.75, 3.05) is 0 Å². The lowest BCUT2D eigenvalue weighted by Crippen LogP contribution is -2.38. The highest BCUT2D eigenvalue weighted by molar-refractivity contribution is 7.91. The van der Waals surface area contributed by atoms with Gasteiger partial charge in [-0.3, -0.25) is 4.79 Å². The van der Waals surface area contributed by atoms with Gasteiger partial charge in [0.1, 0.15) is 0 Å². The molecule has 1 amide bonds. The Bertz CT molecular complexity index is 932. The van der Waals surface area contributed by atoms with Crippen molar-refractivity contribution in [2.45, 2.75) is 47.7 Å². The van der Waals surface area contributed by atoms with Crippen molar-refractivity contribution in [3.8, 4) is 0 Å². The topological polar surface area (TPSA) is 63.2 Å². The van der Waals surface area contributed by atoms with E-state index in [1.807, 2.05) is 17.4 Å². The average Bonchev–Trinajstić information content (AvgIpc) is 3.46. The fourth-order valence-corrected chi connectivity index (χ4v) is 4.03. The number of sulfone groups is 1. The van der Waals surface area contributed by atoms with Crippen LogP contribution < -0.4 is 5.32 Å². The number of carbonyl (C=O) groups excluding carboxylic acids is 1. The van der Waals surface area contributed by atoms with Gasteiger partial charge >= 0.3 is 12.1 Å². The molecule has 8 heteroatoms. The van der Waals surface area contributed by atoms with E-state index in [1.54, 1.807) is 12.1 Å². The van der Waals surface area contributed by atoms with E-state index in [1.165, 1.54) is 31.2 Å². The minimum atomic E-state index is -4.97. The second kappa shape index (κ2) is 6.99. The third kappa shape index (κ3) is 4.32. The van der Waals surface area contributed by atoms with Gasteiger partial charge < -0.3 is 5.32 Å². The Labute approximate surface area is 155 Å². The predicted octanol–water partition coefficient (Wildman–Crippen LogP) is 4.14. The maximum atomic E-state index is 12.7. The maximum Gasteiger partial charge on any atom is 0.471 e. The van der Waals surface area contributed by atoms with Gasteiger partial charge in [-0.1, -0.05) is 24.3 Å². The highest BCUT2D eigenvalue weighted by Crippen LogP contribution is 2.40. The van der Waals surface area contributed by atoms with Crippen LogP contribution in [0.4, 0.5) is 13.2 Å². The molecule has 0 radical (unpaired) electrons. The Kier molecular flexibility index (Phi) is 5.03. The summed E-state index contributed by atoms with van der Waals surface area (Å²) in [6, 6.07) is 11.3. The highest BCUT2D eigenvalue weighted by atomic mass is 32.2. The molecule has 1 aliphatic carbocycles. The maximum absolute atomic E-state index is 12.7. The Balaban J connectivity index is 1.76. The summed E-state index contributed by atoms with van der Waals surface area (Å²) in [4.78, 5) is 11.2. The van der Waals surface area contributed by atoms with Crippen molar-refractivity contribution in [1.29, 1.82) is 0 Å². The number of carbonyl (C=O) groups is 1. The number of benzene rings is 2. The number of hydrogen-bond acceptors (Lipinski definition) is 3. The molecule has 2 aromatic carbocycles. The zero-order chi connectivity index (χ0) is 19.8. The van der Waals surface area contributed by atoms with Crippen LogP contribution in [0, 0.1) is 0 Å². The van der Waals surface area contributed by atoms with E-state index < -0.39 is 28.0 Å². The first-order chi connectivity index (χ1) is 12.6. The molecule has 2 aromatic rings. The Morgan fingerprint density at radius 2 is 1.48 bits per heavy atom. The first-order valence-corrected chi connectivity index (χ1v) is 9.90. The van der Waals surface area contributed by atoms with E-state index >= 15 is 0 Å². The largest absolute Gasteiger partial charge is 0.471 e. The van der Waals surface area contributed by atoms with Gasteiger partial charge in [-0.25, -0.2) is 8.42 Å². The zero-order valence-electron chi connectivity index (χ0n) is 14.5. The highest BCUT2D eigenvalue weighted by Gasteiger charge is 2.39. The fourth-order valence-electron chi connectivity index (χ4n) is 2.77. The number of hydrogen-bond donors (Lipinski definition) is 1. The van der Waals surface area contributed by atoms with Crippen molar-refractivity contribution in [3.63, 3.8) is 0 Å². The van der Waals surface area contributed by atoms with Crippen LogP contribution in [0.5, 0.6) is 0 Å². The normalized spacial score (nSPS) is 16.0. The van der Waals surface area contributed by atoms with Crippen molar-refractivity contribution < 1.29 is 26.4 Å². The molecule has 0 unspecified atom stereocenters. The van der Waals surface area contributed by atoms with Gasteiger partial charge in [-0.2, -0.15) is 13.2 Å². The predicted molar refractivity (Wildman–Crippen MR) is 92.9 cm³/mol.